The van der Waals surface area contributed by atoms with Crippen LogP contribution in [0.25, 0.3) is 16.8 Å². The average molecular weight is 599 g/mol. The van der Waals surface area contributed by atoms with E-state index in [0.717, 1.165) is 0 Å². The van der Waals surface area contributed by atoms with E-state index in [-0.39, 0.29) is 36.8 Å². The summed E-state index contributed by atoms with van der Waals surface area (Å²) < 4.78 is 40.0. The Labute approximate surface area is 245 Å². The smallest absolute Gasteiger partial charge is 0.281 e. The molecule has 0 fully saturated rings. The largest absolute Gasteiger partial charge is 0.495 e. The molecule has 42 heavy (non-hydrogen) atoms. The number of alkyl halides is 2. The van der Waals surface area contributed by atoms with Crippen LogP contribution in [-0.4, -0.2) is 51.5 Å². The Bertz CT molecular complexity index is 1640. The topological polar surface area (TPSA) is 105 Å². The normalized spacial score (nSPS) is 12.0. The first-order valence-electron chi connectivity index (χ1n) is 13.1. The zero-order valence-electron chi connectivity index (χ0n) is 23.2. The third-order valence-corrected chi connectivity index (χ3v) is 6.96. The van der Waals surface area contributed by atoms with Crippen molar-refractivity contribution in [1.82, 2.24) is 19.1 Å². The molecule has 1 aromatic carbocycles. The minimum atomic E-state index is -2.76. The van der Waals surface area contributed by atoms with E-state index in [1.807, 2.05) is 0 Å². The molecule has 0 bridgehead atoms. The molecule has 220 valence electrons. The van der Waals surface area contributed by atoms with Gasteiger partial charge in [-0.3, -0.25) is 19.4 Å². The van der Waals surface area contributed by atoms with Gasteiger partial charge in [0.05, 0.1) is 31.4 Å². The predicted octanol–water partition coefficient (Wildman–Crippen LogP) is 5.68. The number of hydrogen-bond acceptors (Lipinski definition) is 7. The zero-order chi connectivity index (χ0) is 30.4. The van der Waals surface area contributed by atoms with Crippen molar-refractivity contribution in [1.29, 1.82) is 0 Å². The third kappa shape index (κ3) is 6.80. The van der Waals surface area contributed by atoms with Crippen LogP contribution in [0.3, 0.4) is 0 Å². The quantitative estimate of drug-likeness (QED) is 0.182. The molecule has 0 aliphatic carbocycles. The highest BCUT2D eigenvalue weighted by molar-refractivity contribution is 6.31. The molecule has 0 N–H and O–H groups in total. The molecule has 0 spiro atoms. The number of aromatic nitrogens is 4. The number of benzene rings is 1. The summed E-state index contributed by atoms with van der Waals surface area (Å²) in [4.78, 5) is 46.9. The van der Waals surface area contributed by atoms with Crippen LogP contribution in [0.1, 0.15) is 54.0 Å². The molecule has 12 heteroatoms. The molecule has 0 amide bonds. The number of carbonyl (C=O) groups is 2. The number of imidazole rings is 1. The standard InChI is InChI=1S/C30H29ClF2N4O5/c1-4-26(38)22-7-5-18(14-34-22)11-27(39)25(9-10-41-2)37-16-28(42-3)21(13-29(37)40)20-12-19(31)6-8-24(20)36-15-23(30(32)33)35-17-36/h5-8,12-17,25,30H,4,9-11H2,1-3H3. The Kier molecular flexibility index (Phi) is 9.97. The van der Waals surface area contributed by atoms with Gasteiger partial charge in [-0.1, -0.05) is 24.6 Å². The lowest BCUT2D eigenvalue weighted by atomic mass is 10.00. The van der Waals surface area contributed by atoms with Gasteiger partial charge in [0.1, 0.15) is 17.1 Å². The van der Waals surface area contributed by atoms with Gasteiger partial charge in [-0.15, -0.1) is 0 Å². The molecule has 0 saturated carbocycles. The summed E-state index contributed by atoms with van der Waals surface area (Å²) in [5.41, 5.74) is 1.25. The molecule has 3 heterocycles. The van der Waals surface area contributed by atoms with Crippen molar-refractivity contribution >= 4 is 23.2 Å². The zero-order valence-corrected chi connectivity index (χ0v) is 24.0. The van der Waals surface area contributed by atoms with Crippen molar-refractivity contribution in [3.8, 4) is 22.6 Å². The van der Waals surface area contributed by atoms with E-state index >= 15 is 0 Å². The van der Waals surface area contributed by atoms with E-state index in [0.29, 0.717) is 39.5 Å². The maximum atomic E-state index is 13.5. The second kappa shape index (κ2) is 13.6. The van der Waals surface area contributed by atoms with Crippen molar-refractivity contribution in [2.75, 3.05) is 20.8 Å². The first-order chi connectivity index (χ1) is 20.2. The maximum absolute atomic E-state index is 13.5. The predicted molar refractivity (Wildman–Crippen MR) is 153 cm³/mol. The molecule has 3 aromatic heterocycles. The molecule has 1 atom stereocenters. The lowest BCUT2D eigenvalue weighted by Gasteiger charge is -2.21. The average Bonchev–Trinajstić information content (AvgIpc) is 3.48. The Balaban J connectivity index is 1.74. The molecule has 0 aliphatic heterocycles. The summed E-state index contributed by atoms with van der Waals surface area (Å²) in [6.45, 7) is 1.95. The fraction of sp³-hybridized carbons (Fsp3) is 0.300. The Morgan fingerprint density at radius 2 is 1.83 bits per heavy atom. The van der Waals surface area contributed by atoms with Crippen LogP contribution < -0.4 is 10.3 Å². The highest BCUT2D eigenvalue weighted by Gasteiger charge is 2.25. The van der Waals surface area contributed by atoms with E-state index in [1.54, 1.807) is 37.3 Å². The highest BCUT2D eigenvalue weighted by Crippen LogP contribution is 2.36. The van der Waals surface area contributed by atoms with Crippen molar-refractivity contribution in [3.05, 3.63) is 93.6 Å². The van der Waals surface area contributed by atoms with E-state index in [4.69, 9.17) is 21.1 Å². The number of Topliss-reactive ketones (excluding diaryl/α,β-unsaturated/α-hetero) is 2. The molecular formula is C30H29ClF2N4O5. The van der Waals surface area contributed by atoms with Gasteiger partial charge in [-0.2, -0.15) is 0 Å². The monoisotopic (exact) mass is 598 g/mol. The molecule has 1 unspecified atom stereocenters. The number of carbonyl (C=O) groups excluding carboxylic acids is 2. The number of methoxy groups -OCH3 is 2. The summed E-state index contributed by atoms with van der Waals surface area (Å²) >= 11 is 6.29. The Morgan fingerprint density at radius 1 is 1.05 bits per heavy atom. The molecule has 4 aromatic rings. The van der Waals surface area contributed by atoms with Crippen LogP contribution in [0, 0.1) is 0 Å². The van der Waals surface area contributed by atoms with Crippen LogP contribution >= 0.6 is 11.6 Å². The van der Waals surface area contributed by atoms with Gasteiger partial charge in [0, 0.05) is 61.2 Å². The molecule has 9 nitrogen and oxygen atoms in total. The number of ether oxygens (including phenoxy) is 2. The number of ketones is 2. The number of pyridine rings is 2. The van der Waals surface area contributed by atoms with Gasteiger partial charge < -0.3 is 18.6 Å². The summed E-state index contributed by atoms with van der Waals surface area (Å²) in [5, 5.41) is 0.350. The van der Waals surface area contributed by atoms with Gasteiger partial charge >= 0.3 is 0 Å². The highest BCUT2D eigenvalue weighted by atomic mass is 35.5. The summed E-state index contributed by atoms with van der Waals surface area (Å²) in [5.74, 6) is -0.108. The van der Waals surface area contributed by atoms with E-state index in [9.17, 15) is 23.2 Å². The second-order valence-electron chi connectivity index (χ2n) is 9.44. The first kappa shape index (κ1) is 30.7. The van der Waals surface area contributed by atoms with Crippen LogP contribution in [0.2, 0.25) is 5.02 Å². The van der Waals surface area contributed by atoms with Crippen LogP contribution in [0.5, 0.6) is 5.75 Å². The van der Waals surface area contributed by atoms with Crippen LogP contribution in [-0.2, 0) is 16.0 Å². The molecular weight excluding hydrogens is 570 g/mol. The number of hydrogen-bond donors (Lipinski definition) is 0. The van der Waals surface area contributed by atoms with Crippen LogP contribution in [0.15, 0.2) is 66.1 Å². The van der Waals surface area contributed by atoms with E-state index in [2.05, 4.69) is 9.97 Å². The lowest BCUT2D eigenvalue weighted by molar-refractivity contribution is -0.122. The SMILES string of the molecule is CCC(=O)c1ccc(CC(=O)C(CCOC)n2cc(OC)c(-c3cc(Cl)ccc3-n3cnc(C(F)F)c3)cc2=O)cn1. The Hall–Kier alpha value is -4.22. The minimum Gasteiger partial charge on any atom is -0.495 e. The molecule has 0 radical (unpaired) electrons. The number of rotatable bonds is 13. The summed E-state index contributed by atoms with van der Waals surface area (Å²) in [6.07, 6.45) is 3.13. The van der Waals surface area contributed by atoms with Crippen molar-refractivity contribution < 1.29 is 27.8 Å². The molecule has 4 rings (SSSR count). The van der Waals surface area contributed by atoms with Gasteiger partial charge in [-0.25, -0.2) is 13.8 Å². The van der Waals surface area contributed by atoms with Gasteiger partial charge in [0.2, 0.25) is 0 Å². The first-order valence-corrected chi connectivity index (χ1v) is 13.5. The number of nitrogens with zero attached hydrogens (tertiary/aromatic N) is 4. The molecule has 0 aliphatic rings. The van der Waals surface area contributed by atoms with Gasteiger partial charge in [-0.05, 0) is 36.2 Å². The lowest BCUT2D eigenvalue weighted by Crippen LogP contribution is -2.31. The van der Waals surface area contributed by atoms with Gasteiger partial charge in [0.15, 0.2) is 11.6 Å². The third-order valence-electron chi connectivity index (χ3n) is 6.73. The Morgan fingerprint density at radius 3 is 2.45 bits per heavy atom. The summed E-state index contributed by atoms with van der Waals surface area (Å²) in [7, 11) is 2.92. The fourth-order valence-corrected chi connectivity index (χ4v) is 4.73. The van der Waals surface area contributed by atoms with Crippen molar-refractivity contribution in [2.45, 2.75) is 38.7 Å². The van der Waals surface area contributed by atoms with E-state index in [1.165, 1.54) is 54.3 Å². The van der Waals surface area contributed by atoms with Crippen LogP contribution in [0.4, 0.5) is 8.78 Å². The fourth-order valence-electron chi connectivity index (χ4n) is 4.56. The van der Waals surface area contributed by atoms with Gasteiger partial charge in [0.25, 0.3) is 12.0 Å². The van der Waals surface area contributed by atoms with Crippen molar-refractivity contribution in [3.63, 3.8) is 0 Å². The summed E-state index contributed by atoms with van der Waals surface area (Å²) in [6, 6.07) is 8.48. The number of halogens is 3. The van der Waals surface area contributed by atoms with E-state index < -0.39 is 23.7 Å². The minimum absolute atomic E-state index is 0.0238. The maximum Gasteiger partial charge on any atom is 0.281 e. The molecule has 0 saturated heterocycles. The second-order valence-corrected chi connectivity index (χ2v) is 9.87. The van der Waals surface area contributed by atoms with Crippen molar-refractivity contribution in [2.24, 2.45) is 0 Å².